The van der Waals surface area contributed by atoms with Crippen LogP contribution in [0.5, 0.6) is 0 Å². The fourth-order valence-electron chi connectivity index (χ4n) is 9.86. The molecule has 22 heteroatoms. The number of carbonyl (C=O) groups excluding carboxylic acids is 6. The van der Waals surface area contributed by atoms with Crippen LogP contribution in [0.3, 0.4) is 0 Å². The molecule has 3 fully saturated rings. The molecule has 0 aromatic heterocycles. The van der Waals surface area contributed by atoms with Gasteiger partial charge in [-0.15, -0.1) is 0 Å². The van der Waals surface area contributed by atoms with E-state index in [4.69, 9.17) is 5.11 Å². The van der Waals surface area contributed by atoms with Gasteiger partial charge in [-0.2, -0.15) is 15.2 Å². The summed E-state index contributed by atoms with van der Waals surface area (Å²) in [5.41, 5.74) is -1.28. The van der Waals surface area contributed by atoms with Crippen molar-refractivity contribution in [1.29, 1.82) is 0 Å². The maximum absolute atomic E-state index is 11.0. The number of amides is 3. The van der Waals surface area contributed by atoms with E-state index in [0.717, 1.165) is 48.3 Å². The summed E-state index contributed by atoms with van der Waals surface area (Å²) < 4.78 is 0. The monoisotopic (exact) mass is 935 g/mol. The van der Waals surface area contributed by atoms with Crippen molar-refractivity contribution in [2.24, 2.45) is 0 Å². The van der Waals surface area contributed by atoms with Crippen molar-refractivity contribution in [1.82, 2.24) is 25.8 Å². The standard InChI is InChI=1S/3C11H22N2O2.C10H16N2O8/c3*1-8(14)12-9-6-10(2,3)13(15)11(4,5)7-9;13-7(14)3-11(4-8(15)16)1-2-12(5-9(17)18)6-10(19)20/h3*9,15H,6-7H2,1-5H3,(H,12,14);1-6H2,(H,13,14)(H,15,16)(H,17,18)(H,19,20). The second-order valence-electron chi connectivity index (χ2n) is 21.7. The van der Waals surface area contributed by atoms with E-state index in [-0.39, 0.29) is 82.2 Å². The van der Waals surface area contributed by atoms with Gasteiger partial charge in [0.05, 0.1) is 24.5 Å². The fraction of sp³-hybridized carbons (Fsp3) is 0.837. The number of aliphatic carboxylic acids is 4. The molecule has 10 N–H and O–H groups in total. The van der Waals surface area contributed by atoms with E-state index in [1.54, 1.807) is 0 Å². The van der Waals surface area contributed by atoms with E-state index >= 15 is 0 Å². The Labute approximate surface area is 384 Å². The highest BCUT2D eigenvalue weighted by molar-refractivity contribution is 5.74. The molecule has 378 valence electrons. The summed E-state index contributed by atoms with van der Waals surface area (Å²) in [6.07, 6.45) is 4.84. The molecule has 22 nitrogen and oxygen atoms in total. The molecule has 3 aliphatic heterocycles. The first-order valence-electron chi connectivity index (χ1n) is 21.9. The van der Waals surface area contributed by atoms with E-state index in [1.807, 2.05) is 83.1 Å². The van der Waals surface area contributed by atoms with Crippen molar-refractivity contribution in [2.75, 3.05) is 39.3 Å². The van der Waals surface area contributed by atoms with Gasteiger partial charge in [-0.3, -0.25) is 29.0 Å². The van der Waals surface area contributed by atoms with Crippen LogP contribution in [0.15, 0.2) is 0 Å². The van der Waals surface area contributed by atoms with Crippen LogP contribution in [-0.4, -0.2) is 163 Å². The second-order valence-corrected chi connectivity index (χ2v) is 21.7. The Balaban J connectivity index is 0.000000846. The van der Waals surface area contributed by atoms with Gasteiger partial charge in [-0.05, 0) is 83.1 Å². The zero-order valence-electron chi connectivity index (χ0n) is 41.5. The third-order valence-corrected chi connectivity index (χ3v) is 11.8. The average molecular weight is 935 g/mol. The lowest BCUT2D eigenvalue weighted by Crippen LogP contribution is -3.25. The van der Waals surface area contributed by atoms with Gasteiger partial charge in [0, 0.05) is 110 Å². The molecule has 0 spiro atoms. The molecular weight excluding hydrogens is 853 g/mol. The van der Waals surface area contributed by atoms with E-state index < -0.39 is 50.1 Å². The van der Waals surface area contributed by atoms with Crippen LogP contribution in [-0.2, 0) is 33.6 Å². The van der Waals surface area contributed by atoms with Gasteiger partial charge >= 0.3 is 5.97 Å². The van der Waals surface area contributed by atoms with Crippen molar-refractivity contribution >= 4 is 41.6 Å². The van der Waals surface area contributed by atoms with Gasteiger partial charge in [0.1, 0.15) is 33.2 Å². The van der Waals surface area contributed by atoms with Crippen molar-refractivity contribution in [3.05, 3.63) is 0 Å². The maximum atomic E-state index is 11.0. The summed E-state index contributed by atoms with van der Waals surface area (Å²) >= 11 is 0. The molecule has 0 atom stereocenters. The zero-order valence-corrected chi connectivity index (χ0v) is 41.5. The number of quaternary nitrogens is 3. The highest BCUT2D eigenvalue weighted by Crippen LogP contribution is 2.25. The molecule has 0 aromatic rings. The number of carbonyl (C=O) groups is 7. The minimum absolute atomic E-state index is 0.00740. The van der Waals surface area contributed by atoms with Crippen LogP contribution in [0.1, 0.15) is 142 Å². The Morgan fingerprint density at radius 1 is 0.446 bits per heavy atom. The first-order chi connectivity index (χ1) is 29.1. The van der Waals surface area contributed by atoms with E-state index in [0.29, 0.717) is 15.2 Å². The van der Waals surface area contributed by atoms with Crippen LogP contribution in [0.2, 0.25) is 0 Å². The molecule has 0 radical (unpaired) electrons. The third kappa shape index (κ3) is 22.3. The number of carboxylic acid groups (broad SMARTS) is 4. The minimum atomic E-state index is -1.52. The van der Waals surface area contributed by atoms with Gasteiger partial charge < -0.3 is 50.8 Å². The molecule has 3 heterocycles. The summed E-state index contributed by atoms with van der Waals surface area (Å²) in [5.74, 6) is -5.80. The highest BCUT2D eigenvalue weighted by atomic mass is 16.5. The summed E-state index contributed by atoms with van der Waals surface area (Å²) in [6, 6.07) is 0.509. The number of hydroxylamine groups is 6. The summed E-state index contributed by atoms with van der Waals surface area (Å²) in [5, 5.41) is 80.7. The van der Waals surface area contributed by atoms with Crippen molar-refractivity contribution in [3.63, 3.8) is 0 Å². The van der Waals surface area contributed by atoms with Gasteiger partial charge in [0.25, 0.3) is 0 Å². The summed E-state index contributed by atoms with van der Waals surface area (Å²) in [7, 11) is 0. The lowest BCUT2D eigenvalue weighted by molar-refractivity contribution is -1.16. The Morgan fingerprint density at radius 2 is 0.631 bits per heavy atom. The SMILES string of the molecule is CC(=O)NC1CC(C)(C)[NH+](O)C(C)(C)C1.CC(=O)NC1CC(C)(C)[NH+](O)C(C)(C)C1.CC(=O)NC1CC(C)(C)[NH+](O)C(C)(C)C1.O=C([O-])CN(CCN(CC(=O)[O-])CC(=O)O)CC(=O)[O-]. The van der Waals surface area contributed by atoms with Crippen molar-refractivity contribution < 1.29 is 84.8 Å². The first-order valence-corrected chi connectivity index (χ1v) is 21.9. The largest absolute Gasteiger partial charge is 0.549 e. The van der Waals surface area contributed by atoms with Crippen LogP contribution in [0.25, 0.3) is 0 Å². The molecule has 0 bridgehead atoms. The molecule has 3 saturated heterocycles. The normalized spacial score (nSPS) is 26.5. The van der Waals surface area contributed by atoms with Crippen LogP contribution >= 0.6 is 0 Å². The Morgan fingerprint density at radius 3 is 0.785 bits per heavy atom. The average Bonchev–Trinajstić information content (AvgIpc) is 3.05. The minimum Gasteiger partial charge on any atom is -0.549 e. The van der Waals surface area contributed by atoms with E-state index in [9.17, 15) is 64.5 Å². The summed E-state index contributed by atoms with van der Waals surface area (Å²) in [6.45, 7) is 25.9. The van der Waals surface area contributed by atoms with Gasteiger partial charge in [-0.1, -0.05) is 0 Å². The smallest absolute Gasteiger partial charge is 0.317 e. The number of nitrogens with one attached hydrogen (secondary N) is 6. The van der Waals surface area contributed by atoms with Gasteiger partial charge in [0.15, 0.2) is 0 Å². The third-order valence-electron chi connectivity index (χ3n) is 11.8. The number of piperidine rings is 3. The predicted octanol–water partition coefficient (Wildman–Crippen LogP) is -5.73. The maximum Gasteiger partial charge on any atom is 0.317 e. The number of carboxylic acids is 4. The molecule has 3 amide bonds. The van der Waals surface area contributed by atoms with E-state index in [1.165, 1.54) is 20.8 Å². The Bertz CT molecular complexity index is 1390. The molecule has 0 aromatic carbocycles. The number of hydrogen-bond acceptors (Lipinski definition) is 15. The molecule has 3 aliphatic rings. The quantitative estimate of drug-likeness (QED) is 0.0776. The summed E-state index contributed by atoms with van der Waals surface area (Å²) in [4.78, 5) is 76.8. The lowest BCUT2D eigenvalue weighted by atomic mass is 9.79. The predicted molar refractivity (Wildman–Crippen MR) is 229 cm³/mol. The molecule has 0 unspecified atom stereocenters. The van der Waals surface area contributed by atoms with Gasteiger partial charge in [0.2, 0.25) is 17.7 Å². The first kappa shape index (κ1) is 61.0. The Kier molecular flexibility index (Phi) is 23.1. The molecular formula is C43H82N8O14. The molecule has 3 rings (SSSR count). The topological polar surface area (TPSA) is 325 Å². The van der Waals surface area contributed by atoms with Gasteiger partial charge in [-0.25, -0.2) is 15.6 Å². The fourth-order valence-corrected chi connectivity index (χ4v) is 9.86. The van der Waals surface area contributed by atoms with Crippen molar-refractivity contribution in [3.8, 4) is 0 Å². The van der Waals surface area contributed by atoms with Crippen LogP contribution in [0.4, 0.5) is 0 Å². The number of nitrogens with zero attached hydrogens (tertiary/aromatic N) is 2. The number of rotatable bonds is 14. The molecule has 0 saturated carbocycles. The zero-order chi connectivity index (χ0) is 51.3. The number of hydrogen-bond donors (Lipinski definition) is 10. The molecule has 0 aliphatic carbocycles. The second kappa shape index (κ2) is 24.7. The van der Waals surface area contributed by atoms with Crippen LogP contribution < -0.4 is 46.5 Å². The molecule has 65 heavy (non-hydrogen) atoms. The van der Waals surface area contributed by atoms with Crippen LogP contribution in [0, 0.1) is 0 Å². The lowest BCUT2D eigenvalue weighted by Gasteiger charge is -2.47. The Hall–Kier alpha value is -4.03. The van der Waals surface area contributed by atoms with E-state index in [2.05, 4.69) is 16.0 Å². The highest BCUT2D eigenvalue weighted by Gasteiger charge is 2.52. The van der Waals surface area contributed by atoms with Crippen molar-refractivity contribution in [2.45, 2.75) is 194 Å².